The van der Waals surface area contributed by atoms with Crippen molar-refractivity contribution >= 4 is 40.6 Å². The average molecular weight is 418 g/mol. The molecule has 2 aliphatic carbocycles. The second kappa shape index (κ2) is 7.96. The highest BCUT2D eigenvalue weighted by Crippen LogP contribution is 2.64. The summed E-state index contributed by atoms with van der Waals surface area (Å²) < 4.78 is 0. The zero-order valence-electron chi connectivity index (χ0n) is 16.8. The molecule has 28 heavy (non-hydrogen) atoms. The molecule has 3 fully saturated rings. The lowest BCUT2D eigenvalue weighted by atomic mass is 9.70. The minimum Gasteiger partial charge on any atom is -0.358 e. The van der Waals surface area contributed by atoms with Crippen molar-refractivity contribution in [1.82, 2.24) is 10.6 Å². The van der Waals surface area contributed by atoms with Gasteiger partial charge in [0.05, 0.1) is 0 Å². The largest absolute Gasteiger partial charge is 0.358 e. The molecule has 0 radical (unpaired) electrons. The number of rotatable bonds is 6. The molecule has 0 aromatic heterocycles. The molecule has 4 rings (SSSR count). The summed E-state index contributed by atoms with van der Waals surface area (Å²) in [5.41, 5.74) is 1.12. The number of nitrogens with one attached hydrogen (secondary N) is 3. The molecule has 0 amide bonds. The average Bonchev–Trinajstić information content (AvgIpc) is 3.25. The summed E-state index contributed by atoms with van der Waals surface area (Å²) in [4.78, 5) is 12.7. The number of anilines is 1. The molecule has 3 aliphatic rings. The van der Waals surface area contributed by atoms with E-state index >= 15 is 0 Å². The number of Topliss-reactive ketones (excluding diaryl/α,β-unsaturated/α-hetero) is 1. The maximum absolute atomic E-state index is 12.7. The van der Waals surface area contributed by atoms with E-state index in [4.69, 9.17) is 12.2 Å². The number of ketones is 1. The van der Waals surface area contributed by atoms with Crippen LogP contribution >= 0.6 is 24.0 Å². The van der Waals surface area contributed by atoms with Crippen molar-refractivity contribution in [2.75, 3.05) is 23.4 Å². The van der Waals surface area contributed by atoms with E-state index in [0.29, 0.717) is 28.9 Å². The van der Waals surface area contributed by atoms with Crippen LogP contribution in [0.3, 0.4) is 0 Å². The van der Waals surface area contributed by atoms with E-state index in [1.54, 1.807) is 0 Å². The fraction of sp³-hybridized carbons (Fsp3) is 0.636. The predicted octanol–water partition coefficient (Wildman–Crippen LogP) is 3.83. The Morgan fingerprint density at radius 3 is 2.79 bits per heavy atom. The van der Waals surface area contributed by atoms with Crippen LogP contribution in [-0.4, -0.2) is 41.0 Å². The first-order valence-electron chi connectivity index (χ1n) is 10.4. The van der Waals surface area contributed by atoms with Gasteiger partial charge in [0.1, 0.15) is 5.78 Å². The maximum atomic E-state index is 12.7. The van der Waals surface area contributed by atoms with Crippen molar-refractivity contribution in [1.29, 1.82) is 0 Å². The predicted molar refractivity (Wildman–Crippen MR) is 122 cm³/mol. The molecule has 2 bridgehead atoms. The molecular weight excluding hydrogens is 386 g/mol. The third kappa shape index (κ3) is 3.71. The van der Waals surface area contributed by atoms with Crippen molar-refractivity contribution in [2.45, 2.75) is 51.6 Å². The third-order valence-electron chi connectivity index (χ3n) is 7.40. The van der Waals surface area contributed by atoms with Crippen LogP contribution in [0.15, 0.2) is 30.3 Å². The highest BCUT2D eigenvalue weighted by molar-refractivity contribution is 7.99. The smallest absolute Gasteiger partial charge is 0.171 e. The maximum Gasteiger partial charge on any atom is 0.171 e. The van der Waals surface area contributed by atoms with Crippen LogP contribution in [0, 0.1) is 16.7 Å². The first kappa shape index (κ1) is 20.2. The Labute approximate surface area is 178 Å². The summed E-state index contributed by atoms with van der Waals surface area (Å²) in [7, 11) is 0. The van der Waals surface area contributed by atoms with Crippen LogP contribution in [0.2, 0.25) is 0 Å². The van der Waals surface area contributed by atoms with Gasteiger partial charge in [0, 0.05) is 47.7 Å². The van der Waals surface area contributed by atoms with Crippen molar-refractivity contribution < 1.29 is 4.79 Å². The molecule has 0 unspecified atom stereocenters. The Hall–Kier alpha value is -1.11. The summed E-state index contributed by atoms with van der Waals surface area (Å²) in [5, 5.41) is 11.0. The molecule has 0 spiro atoms. The Morgan fingerprint density at radius 1 is 1.32 bits per heavy atom. The van der Waals surface area contributed by atoms with E-state index in [2.05, 4.69) is 29.8 Å². The van der Waals surface area contributed by atoms with E-state index in [1.807, 2.05) is 42.1 Å². The summed E-state index contributed by atoms with van der Waals surface area (Å²) in [6.45, 7) is 5.58. The van der Waals surface area contributed by atoms with Gasteiger partial charge in [-0.1, -0.05) is 32.0 Å². The van der Waals surface area contributed by atoms with Crippen LogP contribution in [0.1, 0.15) is 39.5 Å². The van der Waals surface area contributed by atoms with Crippen molar-refractivity contribution in [3.63, 3.8) is 0 Å². The van der Waals surface area contributed by atoms with Crippen LogP contribution in [-0.2, 0) is 4.79 Å². The van der Waals surface area contributed by atoms with Crippen LogP contribution in [0.25, 0.3) is 0 Å². The fourth-order valence-electron chi connectivity index (χ4n) is 5.41. The Kier molecular flexibility index (Phi) is 5.73. The number of carbonyl (C=O) groups excluding carboxylic acids is 1. The van der Waals surface area contributed by atoms with Gasteiger partial charge in [0.25, 0.3) is 0 Å². The van der Waals surface area contributed by atoms with Gasteiger partial charge in [0.2, 0.25) is 0 Å². The second-order valence-electron chi connectivity index (χ2n) is 9.18. The third-order valence-corrected chi connectivity index (χ3v) is 8.95. The monoisotopic (exact) mass is 417 g/mol. The topological polar surface area (TPSA) is 53.2 Å². The van der Waals surface area contributed by atoms with Gasteiger partial charge in [0.15, 0.2) is 5.11 Å². The number of thioether (sulfide) groups is 1. The number of fused-ring (bicyclic) bond motifs is 2. The molecule has 1 aliphatic heterocycles. The van der Waals surface area contributed by atoms with Crippen molar-refractivity contribution in [3.05, 3.63) is 30.3 Å². The molecule has 3 N–H and O–H groups in total. The number of thiocarbonyl (C=S) groups is 1. The molecule has 1 saturated heterocycles. The lowest BCUT2D eigenvalue weighted by Crippen LogP contribution is -2.39. The number of para-hydroxylation sites is 1. The lowest BCUT2D eigenvalue weighted by Gasteiger charge is -2.36. The first-order valence-corrected chi connectivity index (χ1v) is 11.9. The van der Waals surface area contributed by atoms with Gasteiger partial charge >= 0.3 is 0 Å². The summed E-state index contributed by atoms with van der Waals surface area (Å²) in [5.74, 6) is 3.18. The summed E-state index contributed by atoms with van der Waals surface area (Å²) >= 11 is 7.42. The summed E-state index contributed by atoms with van der Waals surface area (Å²) in [6, 6.07) is 10.9. The van der Waals surface area contributed by atoms with Crippen LogP contribution in [0.4, 0.5) is 5.69 Å². The normalized spacial score (nSPS) is 33.2. The molecule has 4 atom stereocenters. The standard InChI is InChI=1S/C22H31N3OS2/c1-21(2)15-8-9-22(21,19(26)10-15)14-28-13-18-11-17(12-23-18)25-20(27)24-16-6-4-3-5-7-16/h3-7,15,17-18,23H,8-14H2,1-2H3,(H2,24,25,27)/t15-,17+,18+,22-/m1/s1. The van der Waals surface area contributed by atoms with E-state index in [0.717, 1.165) is 43.0 Å². The second-order valence-corrected chi connectivity index (χ2v) is 10.6. The number of hydrogen-bond donors (Lipinski definition) is 3. The fourth-order valence-corrected chi connectivity index (χ4v) is 7.38. The Morgan fingerprint density at radius 2 is 2.11 bits per heavy atom. The highest BCUT2D eigenvalue weighted by atomic mass is 32.2. The Bertz CT molecular complexity index is 739. The molecule has 1 aromatic carbocycles. The van der Waals surface area contributed by atoms with E-state index < -0.39 is 0 Å². The van der Waals surface area contributed by atoms with E-state index in [1.165, 1.54) is 6.42 Å². The molecule has 1 aromatic rings. The van der Waals surface area contributed by atoms with Gasteiger partial charge in [-0.05, 0) is 54.9 Å². The number of benzene rings is 1. The molecule has 1 heterocycles. The Balaban J connectivity index is 1.21. The van der Waals surface area contributed by atoms with Gasteiger partial charge in [-0.2, -0.15) is 11.8 Å². The molecule has 2 saturated carbocycles. The quantitative estimate of drug-likeness (QED) is 0.612. The van der Waals surface area contributed by atoms with E-state index in [-0.39, 0.29) is 10.8 Å². The van der Waals surface area contributed by atoms with Gasteiger partial charge in [-0.3, -0.25) is 4.79 Å². The van der Waals surface area contributed by atoms with Gasteiger partial charge in [-0.15, -0.1) is 0 Å². The lowest BCUT2D eigenvalue weighted by molar-refractivity contribution is -0.127. The molecule has 4 nitrogen and oxygen atoms in total. The van der Waals surface area contributed by atoms with Crippen molar-refractivity contribution in [3.8, 4) is 0 Å². The van der Waals surface area contributed by atoms with Gasteiger partial charge < -0.3 is 16.0 Å². The van der Waals surface area contributed by atoms with Crippen molar-refractivity contribution in [2.24, 2.45) is 16.7 Å². The zero-order chi connectivity index (χ0) is 19.8. The number of carbonyl (C=O) groups is 1. The SMILES string of the molecule is CC1(C)[C@@H]2CC[C@@]1(CSC[C@@H]1C[C@H](NC(=S)Nc3ccccc3)CN1)C(=O)C2. The zero-order valence-corrected chi connectivity index (χ0v) is 18.4. The molecular formula is C22H31N3OS2. The first-order chi connectivity index (χ1) is 13.4. The molecule has 152 valence electrons. The van der Waals surface area contributed by atoms with Gasteiger partial charge in [-0.25, -0.2) is 0 Å². The van der Waals surface area contributed by atoms with Crippen LogP contribution < -0.4 is 16.0 Å². The van der Waals surface area contributed by atoms with Crippen LogP contribution in [0.5, 0.6) is 0 Å². The minimum absolute atomic E-state index is 0.0697. The minimum atomic E-state index is -0.0697. The highest BCUT2D eigenvalue weighted by Gasteiger charge is 2.63. The van der Waals surface area contributed by atoms with E-state index in [9.17, 15) is 4.79 Å². The molecule has 6 heteroatoms. The summed E-state index contributed by atoms with van der Waals surface area (Å²) in [6.07, 6.45) is 4.21. The number of hydrogen-bond acceptors (Lipinski definition) is 4.